The first-order valence-electron chi connectivity index (χ1n) is 24.1. The molecule has 2 saturated heterocycles. The molecule has 0 radical (unpaired) electrons. The van der Waals surface area contributed by atoms with E-state index in [-0.39, 0.29) is 62.9 Å². The zero-order chi connectivity index (χ0) is 57.1. The number of aliphatic hydroxyl groups excluding tert-OH is 1. The van der Waals surface area contributed by atoms with Crippen molar-refractivity contribution in [3.8, 4) is 33.5 Å². The molecule has 2 fully saturated rings. The van der Waals surface area contributed by atoms with Crippen molar-refractivity contribution in [1.82, 2.24) is 25.5 Å². The lowest BCUT2D eigenvalue weighted by molar-refractivity contribution is -0.144. The highest BCUT2D eigenvalue weighted by Crippen LogP contribution is 2.44. The van der Waals surface area contributed by atoms with E-state index in [0.29, 0.717) is 17.0 Å². The summed E-state index contributed by atoms with van der Waals surface area (Å²) in [6, 6.07) is 14.4. The SMILES string of the molecule is Cc1ncsc1-c1ccc(CNC(=O)[C@@H]2C[C@@H](O)CN2C(=O)[C@@H](NC(=O)COCCOCCOc2ccc(-c3ncc(N4C(=S)N(c5ccc(C#N)c(C(F)(F)F)c5F)C(=O)C4(C)C)cc3C(F)(F)F)cc2)C(C)(C)C)cc1. The number of carbonyl (C=O) groups excluding carboxylic acids is 4. The maximum atomic E-state index is 15.5. The van der Waals surface area contributed by atoms with E-state index in [0.717, 1.165) is 38.9 Å². The fourth-order valence-corrected chi connectivity index (χ4v) is 10.2. The molecule has 3 aromatic carbocycles. The summed E-state index contributed by atoms with van der Waals surface area (Å²) in [6.45, 7) is 9.42. The van der Waals surface area contributed by atoms with Gasteiger partial charge in [-0.1, -0.05) is 45.0 Å². The summed E-state index contributed by atoms with van der Waals surface area (Å²) in [5.41, 5.74) is -4.18. The molecule has 16 nitrogen and oxygen atoms in total. The van der Waals surface area contributed by atoms with Crippen LogP contribution in [0.4, 0.5) is 42.1 Å². The van der Waals surface area contributed by atoms with E-state index in [9.17, 15) is 55.9 Å². The summed E-state index contributed by atoms with van der Waals surface area (Å²) in [4.78, 5) is 66.2. The highest BCUT2D eigenvalue weighted by molar-refractivity contribution is 7.81. The number of pyridine rings is 1. The van der Waals surface area contributed by atoms with Crippen LogP contribution in [0.15, 0.2) is 78.4 Å². The number of nitrogens with zero attached hydrogens (tertiary/aromatic N) is 6. The van der Waals surface area contributed by atoms with Crippen LogP contribution in [0.1, 0.15) is 69.0 Å². The number of anilines is 2. The molecule has 0 aliphatic carbocycles. The lowest BCUT2D eigenvalue weighted by atomic mass is 9.85. The normalized spacial score (nSPS) is 17.1. The molecule has 0 spiro atoms. The first kappa shape index (κ1) is 58.6. The highest BCUT2D eigenvalue weighted by atomic mass is 32.1. The minimum absolute atomic E-state index is 0.00618. The van der Waals surface area contributed by atoms with Crippen molar-refractivity contribution in [3.05, 3.63) is 112 Å². The molecule has 4 heterocycles. The minimum Gasteiger partial charge on any atom is -0.491 e. The van der Waals surface area contributed by atoms with E-state index in [1.807, 2.05) is 31.2 Å². The molecular weight excluding hydrogens is 1070 g/mol. The van der Waals surface area contributed by atoms with Crippen molar-refractivity contribution in [3.63, 3.8) is 0 Å². The van der Waals surface area contributed by atoms with Crippen LogP contribution in [0.5, 0.6) is 5.75 Å². The molecule has 5 aromatic rings. The molecular formula is C53H53F7N8O8S2. The smallest absolute Gasteiger partial charge is 0.420 e. The molecule has 0 unspecified atom stereocenters. The number of thiocarbonyl (C=S) groups is 1. The van der Waals surface area contributed by atoms with Crippen molar-refractivity contribution >= 4 is 63.7 Å². The molecule has 0 bridgehead atoms. The second kappa shape index (κ2) is 23.5. The predicted octanol–water partition coefficient (Wildman–Crippen LogP) is 8.37. The van der Waals surface area contributed by atoms with Crippen LogP contribution < -0.4 is 25.2 Å². The number of aryl methyl sites for hydroxylation is 1. The Morgan fingerprint density at radius 2 is 1.59 bits per heavy atom. The van der Waals surface area contributed by atoms with Crippen LogP contribution >= 0.6 is 23.6 Å². The summed E-state index contributed by atoms with van der Waals surface area (Å²) in [6.07, 6.45) is -10.3. The van der Waals surface area contributed by atoms with Gasteiger partial charge in [-0.25, -0.2) is 9.37 Å². The number of halogens is 7. The number of ether oxygens (including phenoxy) is 3. The van der Waals surface area contributed by atoms with Crippen molar-refractivity contribution in [2.75, 3.05) is 49.4 Å². The Morgan fingerprint density at radius 3 is 2.21 bits per heavy atom. The lowest BCUT2D eigenvalue weighted by Crippen LogP contribution is -2.58. The van der Waals surface area contributed by atoms with E-state index >= 15 is 4.39 Å². The molecule has 78 heavy (non-hydrogen) atoms. The van der Waals surface area contributed by atoms with E-state index in [1.165, 1.54) is 60.4 Å². The number of aromatic nitrogens is 2. The number of hydrogen-bond donors (Lipinski definition) is 3. The van der Waals surface area contributed by atoms with Crippen LogP contribution in [0.2, 0.25) is 0 Å². The van der Waals surface area contributed by atoms with Gasteiger partial charge in [0.15, 0.2) is 10.9 Å². The minimum atomic E-state index is -5.34. The third-order valence-corrected chi connectivity index (χ3v) is 14.2. The largest absolute Gasteiger partial charge is 0.491 e. The molecule has 4 amide bonds. The van der Waals surface area contributed by atoms with Gasteiger partial charge in [0, 0.05) is 25.1 Å². The Morgan fingerprint density at radius 1 is 0.936 bits per heavy atom. The number of nitriles is 1. The molecule has 2 aliphatic rings. The van der Waals surface area contributed by atoms with Gasteiger partial charge in [0.05, 0.1) is 82.5 Å². The molecule has 414 valence electrons. The Labute approximate surface area is 453 Å². The molecule has 0 saturated carbocycles. The zero-order valence-corrected chi connectivity index (χ0v) is 44.5. The van der Waals surface area contributed by atoms with Gasteiger partial charge in [0.25, 0.3) is 5.91 Å². The van der Waals surface area contributed by atoms with Gasteiger partial charge >= 0.3 is 12.4 Å². The number of benzene rings is 3. The average molecular weight is 1130 g/mol. The zero-order valence-electron chi connectivity index (χ0n) is 42.8. The third kappa shape index (κ3) is 12.9. The number of nitrogens with one attached hydrogen (secondary N) is 2. The number of rotatable bonds is 18. The van der Waals surface area contributed by atoms with Crippen LogP contribution in [0.25, 0.3) is 21.7 Å². The monoisotopic (exact) mass is 1130 g/mol. The second-order valence-corrected chi connectivity index (χ2v) is 21.0. The fraction of sp³-hybridized carbons (Fsp3) is 0.396. The number of carbonyl (C=O) groups is 4. The summed E-state index contributed by atoms with van der Waals surface area (Å²) in [7, 11) is 0. The van der Waals surface area contributed by atoms with E-state index in [2.05, 4.69) is 20.6 Å². The van der Waals surface area contributed by atoms with E-state index < -0.39 is 111 Å². The maximum Gasteiger partial charge on any atom is 0.420 e. The molecule has 2 aliphatic heterocycles. The number of amides is 4. The van der Waals surface area contributed by atoms with Gasteiger partial charge < -0.3 is 39.8 Å². The summed E-state index contributed by atoms with van der Waals surface area (Å²) in [5, 5.41) is 24.7. The summed E-state index contributed by atoms with van der Waals surface area (Å²) >= 11 is 6.92. The van der Waals surface area contributed by atoms with E-state index in [1.54, 1.807) is 26.3 Å². The van der Waals surface area contributed by atoms with Gasteiger partial charge in [0.2, 0.25) is 17.7 Å². The highest BCUT2D eigenvalue weighted by Gasteiger charge is 2.53. The van der Waals surface area contributed by atoms with Crippen molar-refractivity contribution < 1.29 is 69.2 Å². The standard InChI is InChI=1S/C53H53F7N8O8S2/c1-29-44(78-28-64-29)32-9-7-30(8-10-32)24-63-46(71)39-22-35(69)26-66(39)47(72)45(50(2,3)4)65-40(70)27-75-18-17-74-19-20-76-36-14-11-31(12-15-36)43-37(52(55,56)57)21-34(25-62-43)68-49(77)67(48(73)51(68,5)6)38-16-13-33(23-61)41(42(38)54)53(58,59)60/h7-16,21,25,28,35,39,45,69H,17-20,22,24,26-27H2,1-6H3,(H,63,71)(H,65,70)/t35-,39+,45-/m1/s1. The van der Waals surface area contributed by atoms with Gasteiger partial charge in [-0.3, -0.25) is 29.1 Å². The molecule has 2 aromatic heterocycles. The summed E-state index contributed by atoms with van der Waals surface area (Å²) < 4.78 is 118. The second-order valence-electron chi connectivity index (χ2n) is 19.8. The van der Waals surface area contributed by atoms with E-state index in [4.69, 9.17) is 26.4 Å². The Bertz CT molecular complexity index is 3110. The Balaban J connectivity index is 0.875. The first-order chi connectivity index (χ1) is 36.6. The molecule has 25 heteroatoms. The third-order valence-electron chi connectivity index (χ3n) is 12.8. The van der Waals surface area contributed by atoms with Crippen molar-refractivity contribution in [2.24, 2.45) is 5.41 Å². The Kier molecular flexibility index (Phi) is 17.6. The number of hydrogen-bond acceptors (Lipinski definition) is 13. The maximum absolute atomic E-state index is 15.5. The first-order valence-corrected chi connectivity index (χ1v) is 25.4. The van der Waals surface area contributed by atoms with Crippen molar-refractivity contribution in [1.29, 1.82) is 5.26 Å². The fourth-order valence-electron chi connectivity index (χ4n) is 8.87. The average Bonchev–Trinajstić information content (AvgIpc) is 4.07. The van der Waals surface area contributed by atoms with Crippen LogP contribution in [0.3, 0.4) is 0 Å². The molecule has 3 N–H and O–H groups in total. The number of thiazole rings is 1. The summed E-state index contributed by atoms with van der Waals surface area (Å²) in [5.74, 6) is -4.34. The quantitative estimate of drug-likeness (QED) is 0.0430. The van der Waals surface area contributed by atoms with Gasteiger partial charge in [-0.2, -0.15) is 31.6 Å². The number of alkyl halides is 6. The lowest BCUT2D eigenvalue weighted by Gasteiger charge is -2.35. The molecule has 3 atom stereocenters. The molecule has 7 rings (SSSR count). The number of β-amino-alcohol motifs (C(OH)–C–C–N with tert-alkyl or cyclic N) is 1. The van der Waals surface area contributed by atoms with Crippen molar-refractivity contribution in [2.45, 2.75) is 90.6 Å². The predicted molar refractivity (Wildman–Crippen MR) is 276 cm³/mol. The van der Waals surface area contributed by atoms with Crippen LogP contribution in [0, 0.1) is 29.5 Å². The number of aliphatic hydroxyl groups is 1. The van der Waals surface area contributed by atoms with Crippen LogP contribution in [-0.4, -0.2) is 112 Å². The van der Waals surface area contributed by atoms with Gasteiger partial charge in [-0.15, -0.1) is 11.3 Å². The van der Waals surface area contributed by atoms with Crippen LogP contribution in [-0.2, 0) is 47.5 Å². The van der Waals surface area contributed by atoms with Gasteiger partial charge in [0.1, 0.15) is 42.1 Å². The van der Waals surface area contributed by atoms with Gasteiger partial charge in [-0.05, 0) is 92.0 Å². The topological polar surface area (TPSA) is 200 Å². The number of likely N-dealkylation sites (tertiary alicyclic amines) is 1. The Hall–Kier alpha value is -7.11.